The van der Waals surface area contributed by atoms with Crippen LogP contribution in [0.15, 0.2) is 24.3 Å². The molecule has 2 N–H and O–H groups in total. The lowest BCUT2D eigenvalue weighted by Crippen LogP contribution is -2.23. The molecule has 0 bridgehead atoms. The highest BCUT2D eigenvalue weighted by Crippen LogP contribution is 2.29. The van der Waals surface area contributed by atoms with E-state index in [2.05, 4.69) is 10.2 Å². The fourth-order valence-corrected chi connectivity index (χ4v) is 2.20. The molecule has 2 atom stereocenters. The number of rotatable bonds is 6. The molecule has 7 heteroatoms. The van der Waals surface area contributed by atoms with E-state index in [0.29, 0.717) is 5.56 Å². The molecule has 128 valence electrons. The molecule has 0 aliphatic carbocycles. The van der Waals surface area contributed by atoms with Gasteiger partial charge in [0.25, 0.3) is 0 Å². The van der Waals surface area contributed by atoms with Gasteiger partial charge in [0.1, 0.15) is 11.5 Å². The van der Waals surface area contributed by atoms with Crippen molar-refractivity contribution in [3.8, 4) is 11.1 Å². The maximum atomic E-state index is 13.2. The Morgan fingerprint density at radius 3 is 2.46 bits per heavy atom. The number of aliphatic hydroxyl groups excluding tert-OH is 1. The minimum Gasteiger partial charge on any atom is -0.461 e. The molecule has 1 aromatic heterocycles. The summed E-state index contributed by atoms with van der Waals surface area (Å²) in [6.07, 6.45) is -0.874. The van der Waals surface area contributed by atoms with E-state index in [9.17, 15) is 19.1 Å². The van der Waals surface area contributed by atoms with E-state index in [1.54, 1.807) is 13.8 Å². The van der Waals surface area contributed by atoms with Crippen LogP contribution in [0.2, 0.25) is 0 Å². The number of H-pyrrole nitrogens is 1. The van der Waals surface area contributed by atoms with Crippen LogP contribution in [0.3, 0.4) is 0 Å². The molecule has 24 heavy (non-hydrogen) atoms. The monoisotopic (exact) mass is 334 g/mol. The second-order valence-electron chi connectivity index (χ2n) is 5.44. The van der Waals surface area contributed by atoms with E-state index in [4.69, 9.17) is 4.74 Å². The Balaban J connectivity index is 2.58. The van der Waals surface area contributed by atoms with Crippen LogP contribution < -0.4 is 0 Å². The van der Waals surface area contributed by atoms with Gasteiger partial charge in [-0.1, -0.05) is 19.1 Å². The molecule has 0 saturated carbocycles. The van der Waals surface area contributed by atoms with Gasteiger partial charge in [0, 0.05) is 11.5 Å². The summed E-state index contributed by atoms with van der Waals surface area (Å²) in [4.78, 5) is 24.7. The Morgan fingerprint density at radius 1 is 1.29 bits per heavy atom. The van der Waals surface area contributed by atoms with Crippen molar-refractivity contribution in [1.82, 2.24) is 10.2 Å². The van der Waals surface area contributed by atoms with Gasteiger partial charge in [0.15, 0.2) is 11.5 Å². The molecule has 0 amide bonds. The van der Waals surface area contributed by atoms with Gasteiger partial charge in [-0.05, 0) is 31.5 Å². The van der Waals surface area contributed by atoms with Crippen molar-refractivity contribution in [2.24, 2.45) is 5.92 Å². The first-order valence-electron chi connectivity index (χ1n) is 7.60. The fraction of sp³-hybridized carbons (Fsp3) is 0.353. The van der Waals surface area contributed by atoms with Crippen molar-refractivity contribution >= 4 is 11.8 Å². The van der Waals surface area contributed by atoms with Crippen molar-refractivity contribution in [2.75, 3.05) is 6.61 Å². The first-order chi connectivity index (χ1) is 11.4. The lowest BCUT2D eigenvalue weighted by atomic mass is 9.93. The molecule has 1 aromatic carbocycles. The van der Waals surface area contributed by atoms with Gasteiger partial charge < -0.3 is 9.84 Å². The molecule has 6 nitrogen and oxygen atoms in total. The number of esters is 1. The third-order valence-corrected chi connectivity index (χ3v) is 3.75. The largest absolute Gasteiger partial charge is 0.461 e. The lowest BCUT2D eigenvalue weighted by Gasteiger charge is -2.13. The number of Topliss-reactive ketones (excluding diaryl/α,β-unsaturated/α-hetero) is 1. The van der Waals surface area contributed by atoms with Crippen LogP contribution >= 0.6 is 0 Å². The van der Waals surface area contributed by atoms with Gasteiger partial charge in [-0.2, -0.15) is 5.10 Å². The van der Waals surface area contributed by atoms with Crippen LogP contribution in [0.25, 0.3) is 11.1 Å². The number of ketones is 1. The number of carbonyl (C=O) groups is 2. The SMILES string of the molecule is CCOC(=O)c1[nH]nc(C(=O)C(C)C(C)O)c1-c1ccc(F)cc1. The van der Waals surface area contributed by atoms with Crippen LogP contribution in [-0.2, 0) is 4.74 Å². The summed E-state index contributed by atoms with van der Waals surface area (Å²) < 4.78 is 18.2. The summed E-state index contributed by atoms with van der Waals surface area (Å²) in [6.45, 7) is 4.89. The summed E-state index contributed by atoms with van der Waals surface area (Å²) in [5, 5.41) is 16.1. The number of aromatic nitrogens is 2. The van der Waals surface area contributed by atoms with Gasteiger partial charge in [-0.25, -0.2) is 9.18 Å². The van der Waals surface area contributed by atoms with Crippen LogP contribution in [0, 0.1) is 11.7 Å². The molecule has 0 aliphatic rings. The molecule has 2 unspecified atom stereocenters. The fourth-order valence-electron chi connectivity index (χ4n) is 2.20. The Morgan fingerprint density at radius 2 is 1.92 bits per heavy atom. The van der Waals surface area contributed by atoms with E-state index in [1.807, 2.05) is 0 Å². The molecular weight excluding hydrogens is 315 g/mol. The highest BCUT2D eigenvalue weighted by atomic mass is 19.1. The highest BCUT2D eigenvalue weighted by molar-refractivity contribution is 6.07. The third-order valence-electron chi connectivity index (χ3n) is 3.75. The zero-order chi connectivity index (χ0) is 17.9. The van der Waals surface area contributed by atoms with E-state index in [1.165, 1.54) is 31.2 Å². The number of aromatic amines is 1. The molecule has 1 heterocycles. The van der Waals surface area contributed by atoms with Gasteiger partial charge in [-0.3, -0.25) is 9.89 Å². The van der Waals surface area contributed by atoms with Crippen molar-refractivity contribution in [1.29, 1.82) is 0 Å². The summed E-state index contributed by atoms with van der Waals surface area (Å²) >= 11 is 0. The molecule has 2 aromatic rings. The molecule has 0 saturated heterocycles. The molecule has 0 fully saturated rings. The van der Waals surface area contributed by atoms with Crippen molar-refractivity contribution in [3.05, 3.63) is 41.5 Å². The van der Waals surface area contributed by atoms with Crippen LogP contribution in [0.4, 0.5) is 4.39 Å². The van der Waals surface area contributed by atoms with Crippen molar-refractivity contribution in [2.45, 2.75) is 26.9 Å². The van der Waals surface area contributed by atoms with E-state index < -0.39 is 29.6 Å². The Kier molecular flexibility index (Phi) is 5.46. The first-order valence-corrected chi connectivity index (χ1v) is 7.60. The normalized spacial score (nSPS) is 13.4. The predicted molar refractivity (Wildman–Crippen MR) is 85.1 cm³/mol. The number of hydrogen-bond donors (Lipinski definition) is 2. The molecule has 0 aliphatic heterocycles. The summed E-state index contributed by atoms with van der Waals surface area (Å²) in [5.74, 6) is -2.23. The standard InChI is InChI=1S/C17H19FN2O4/c1-4-24-17(23)15-13(11-5-7-12(18)8-6-11)14(19-20-15)16(22)9(2)10(3)21/h5-10,21H,4H2,1-3H3,(H,19,20). The second kappa shape index (κ2) is 7.35. The zero-order valence-corrected chi connectivity index (χ0v) is 13.7. The molecular formula is C17H19FN2O4. The number of halogens is 1. The number of hydrogen-bond acceptors (Lipinski definition) is 5. The summed E-state index contributed by atoms with van der Waals surface area (Å²) in [5.41, 5.74) is 0.725. The maximum absolute atomic E-state index is 13.2. The quantitative estimate of drug-likeness (QED) is 0.626. The average Bonchev–Trinajstić information content (AvgIpc) is 2.99. The molecule has 0 radical (unpaired) electrons. The summed E-state index contributed by atoms with van der Waals surface area (Å²) in [6, 6.07) is 5.35. The average molecular weight is 334 g/mol. The van der Waals surface area contributed by atoms with Crippen LogP contribution in [-0.4, -0.2) is 39.8 Å². The Bertz CT molecular complexity index is 738. The van der Waals surface area contributed by atoms with Crippen LogP contribution in [0.1, 0.15) is 41.7 Å². The van der Waals surface area contributed by atoms with Gasteiger partial charge in [-0.15, -0.1) is 0 Å². The van der Waals surface area contributed by atoms with E-state index in [0.717, 1.165) is 0 Å². The zero-order valence-electron chi connectivity index (χ0n) is 13.7. The minimum atomic E-state index is -0.874. The lowest BCUT2D eigenvalue weighted by molar-refractivity contribution is 0.0520. The van der Waals surface area contributed by atoms with Crippen LogP contribution in [0.5, 0.6) is 0 Å². The Hall–Kier alpha value is -2.54. The van der Waals surface area contributed by atoms with Gasteiger partial charge in [0.05, 0.1) is 12.7 Å². The smallest absolute Gasteiger partial charge is 0.357 e. The predicted octanol–water partition coefficient (Wildman–Crippen LogP) is 2.59. The summed E-state index contributed by atoms with van der Waals surface area (Å²) in [7, 11) is 0. The Labute approximate surface area is 138 Å². The minimum absolute atomic E-state index is 0.0121. The highest BCUT2D eigenvalue weighted by Gasteiger charge is 2.29. The van der Waals surface area contributed by atoms with Crippen molar-refractivity contribution in [3.63, 3.8) is 0 Å². The van der Waals surface area contributed by atoms with Crippen molar-refractivity contribution < 1.29 is 23.8 Å². The third kappa shape index (κ3) is 3.51. The topological polar surface area (TPSA) is 92.3 Å². The second-order valence-corrected chi connectivity index (χ2v) is 5.44. The molecule has 2 rings (SSSR count). The van der Waals surface area contributed by atoms with E-state index in [-0.39, 0.29) is 23.6 Å². The maximum Gasteiger partial charge on any atom is 0.357 e. The number of aliphatic hydroxyl groups is 1. The number of carbonyl (C=O) groups excluding carboxylic acids is 2. The first kappa shape index (κ1) is 17.8. The molecule has 0 spiro atoms. The number of benzene rings is 1. The number of nitrogens with zero attached hydrogens (tertiary/aromatic N) is 1. The van der Waals surface area contributed by atoms with E-state index >= 15 is 0 Å². The number of ether oxygens (including phenoxy) is 1. The van der Waals surface area contributed by atoms with Gasteiger partial charge >= 0.3 is 5.97 Å². The number of nitrogens with one attached hydrogen (secondary N) is 1. The van der Waals surface area contributed by atoms with Gasteiger partial charge in [0.2, 0.25) is 0 Å².